The molecule has 0 heterocycles. The first-order valence-electron chi connectivity index (χ1n) is 6.49. The van der Waals surface area contributed by atoms with Crippen molar-refractivity contribution in [1.29, 1.82) is 0 Å². The summed E-state index contributed by atoms with van der Waals surface area (Å²) in [5.74, 6) is -0.220. The van der Waals surface area contributed by atoms with Crippen molar-refractivity contribution in [3.05, 3.63) is 34.1 Å². The van der Waals surface area contributed by atoms with Crippen molar-refractivity contribution in [3.8, 4) is 0 Å². The number of hydrogen-bond acceptors (Lipinski definition) is 2. The van der Waals surface area contributed by atoms with Crippen molar-refractivity contribution in [1.82, 2.24) is 10.6 Å². The van der Waals surface area contributed by atoms with Gasteiger partial charge in [-0.2, -0.15) is 0 Å². The first kappa shape index (κ1) is 16.1. The molecule has 0 saturated carbocycles. The highest BCUT2D eigenvalue weighted by atomic mass is 79.9. The lowest BCUT2D eigenvalue weighted by Crippen LogP contribution is -2.29. The maximum atomic E-state index is 13.7. The molecule has 0 radical (unpaired) electrons. The van der Waals surface area contributed by atoms with Gasteiger partial charge in [-0.25, -0.2) is 4.39 Å². The van der Waals surface area contributed by atoms with E-state index in [0.717, 1.165) is 10.9 Å². The van der Waals surface area contributed by atoms with Gasteiger partial charge in [0, 0.05) is 35.6 Å². The Morgan fingerprint density at radius 1 is 1.42 bits per heavy atom. The Morgan fingerprint density at radius 2 is 2.16 bits per heavy atom. The molecule has 1 aromatic carbocycles. The van der Waals surface area contributed by atoms with Crippen molar-refractivity contribution < 1.29 is 9.18 Å². The molecule has 5 heteroatoms. The number of nitrogens with one attached hydrogen (secondary N) is 2. The van der Waals surface area contributed by atoms with Crippen molar-refractivity contribution in [2.24, 2.45) is 0 Å². The molecule has 19 heavy (non-hydrogen) atoms. The van der Waals surface area contributed by atoms with Crippen LogP contribution in [0, 0.1) is 5.82 Å². The van der Waals surface area contributed by atoms with Crippen molar-refractivity contribution in [2.75, 3.05) is 13.1 Å². The van der Waals surface area contributed by atoms with E-state index in [4.69, 9.17) is 0 Å². The van der Waals surface area contributed by atoms with E-state index >= 15 is 0 Å². The van der Waals surface area contributed by atoms with Crippen molar-refractivity contribution >= 4 is 21.8 Å². The predicted octanol–water partition coefficient (Wildman–Crippen LogP) is 3.16. The summed E-state index contributed by atoms with van der Waals surface area (Å²) in [6.07, 6.45) is 1.34. The van der Waals surface area contributed by atoms with Gasteiger partial charge in [-0.15, -0.1) is 0 Å². The molecule has 0 bridgehead atoms. The molecule has 0 aliphatic rings. The van der Waals surface area contributed by atoms with Crippen LogP contribution >= 0.6 is 15.9 Å². The van der Waals surface area contributed by atoms with Gasteiger partial charge in [0.05, 0.1) is 0 Å². The van der Waals surface area contributed by atoms with E-state index < -0.39 is 0 Å². The van der Waals surface area contributed by atoms with Gasteiger partial charge in [0.1, 0.15) is 5.82 Å². The fourth-order valence-electron chi connectivity index (χ4n) is 1.72. The average Bonchev–Trinajstić information content (AvgIpc) is 2.36. The molecule has 0 aliphatic heterocycles. The zero-order valence-corrected chi connectivity index (χ0v) is 12.9. The molecular formula is C14H20BrFN2O. The van der Waals surface area contributed by atoms with Crippen LogP contribution in [0.1, 0.15) is 38.3 Å². The summed E-state index contributed by atoms with van der Waals surface area (Å²) < 4.78 is 14.4. The van der Waals surface area contributed by atoms with E-state index in [1.54, 1.807) is 6.07 Å². The highest BCUT2D eigenvalue weighted by Gasteiger charge is 2.11. The summed E-state index contributed by atoms with van der Waals surface area (Å²) in [5, 5.41) is 5.96. The zero-order chi connectivity index (χ0) is 14.3. The summed E-state index contributed by atoms with van der Waals surface area (Å²) in [6, 6.07) is 4.88. The lowest BCUT2D eigenvalue weighted by Gasteiger charge is -2.15. The van der Waals surface area contributed by atoms with Crippen molar-refractivity contribution in [3.63, 3.8) is 0 Å². The molecular weight excluding hydrogens is 311 g/mol. The summed E-state index contributed by atoms with van der Waals surface area (Å²) in [7, 11) is 0. The number of halogens is 2. The number of hydrogen-bond donors (Lipinski definition) is 2. The fraction of sp³-hybridized carbons (Fsp3) is 0.500. The highest BCUT2D eigenvalue weighted by Crippen LogP contribution is 2.20. The standard InChI is InChI=1S/C14H20BrFN2O/c1-3-7-18-14(19)6-8-17-10(2)12-5-4-11(15)9-13(12)16/h4-5,9-10,17H,3,6-8H2,1-2H3,(H,18,19). The monoisotopic (exact) mass is 330 g/mol. The Hall–Kier alpha value is -0.940. The molecule has 0 aliphatic carbocycles. The van der Waals surface area contributed by atoms with E-state index in [2.05, 4.69) is 26.6 Å². The molecule has 1 aromatic rings. The second-order valence-electron chi connectivity index (χ2n) is 4.44. The molecule has 0 fully saturated rings. The fourth-order valence-corrected chi connectivity index (χ4v) is 2.05. The van der Waals surface area contributed by atoms with Gasteiger partial charge in [-0.05, 0) is 25.5 Å². The minimum absolute atomic E-state index is 0.0258. The largest absolute Gasteiger partial charge is 0.356 e. The Labute approximate surface area is 122 Å². The Kier molecular flexibility index (Phi) is 7.02. The predicted molar refractivity (Wildman–Crippen MR) is 78.4 cm³/mol. The van der Waals surface area contributed by atoms with Crippen LogP contribution in [0.2, 0.25) is 0 Å². The minimum atomic E-state index is -0.246. The normalized spacial score (nSPS) is 12.2. The average molecular weight is 331 g/mol. The van der Waals surface area contributed by atoms with Crippen molar-refractivity contribution in [2.45, 2.75) is 32.7 Å². The number of carbonyl (C=O) groups is 1. The van der Waals surface area contributed by atoms with Crippen LogP contribution in [0.5, 0.6) is 0 Å². The van der Waals surface area contributed by atoms with Crippen LogP contribution < -0.4 is 10.6 Å². The van der Waals surface area contributed by atoms with Gasteiger partial charge in [-0.1, -0.05) is 28.9 Å². The maximum absolute atomic E-state index is 13.7. The number of carbonyl (C=O) groups excluding carboxylic acids is 1. The lowest BCUT2D eigenvalue weighted by molar-refractivity contribution is -0.121. The van der Waals surface area contributed by atoms with Crippen LogP contribution in [0.25, 0.3) is 0 Å². The number of amides is 1. The van der Waals surface area contributed by atoms with Crippen LogP contribution in [0.4, 0.5) is 4.39 Å². The van der Waals surface area contributed by atoms with Crippen LogP contribution in [-0.4, -0.2) is 19.0 Å². The summed E-state index contributed by atoms with van der Waals surface area (Å²) in [6.45, 7) is 5.13. The molecule has 1 unspecified atom stereocenters. The Morgan fingerprint density at radius 3 is 2.79 bits per heavy atom. The maximum Gasteiger partial charge on any atom is 0.221 e. The smallest absolute Gasteiger partial charge is 0.221 e. The third-order valence-electron chi connectivity index (χ3n) is 2.80. The molecule has 1 amide bonds. The Bertz CT molecular complexity index is 426. The molecule has 1 atom stereocenters. The summed E-state index contributed by atoms with van der Waals surface area (Å²) in [5.41, 5.74) is 0.608. The van der Waals surface area contributed by atoms with Gasteiger partial charge in [0.25, 0.3) is 0 Å². The lowest BCUT2D eigenvalue weighted by atomic mass is 10.1. The molecule has 0 spiro atoms. The van der Waals surface area contributed by atoms with E-state index in [0.29, 0.717) is 25.1 Å². The number of rotatable bonds is 7. The quantitative estimate of drug-likeness (QED) is 0.806. The molecule has 106 valence electrons. The third kappa shape index (κ3) is 5.70. The van der Waals surface area contributed by atoms with Gasteiger partial charge in [0.15, 0.2) is 0 Å². The van der Waals surface area contributed by atoms with Gasteiger partial charge in [-0.3, -0.25) is 4.79 Å². The topological polar surface area (TPSA) is 41.1 Å². The first-order chi connectivity index (χ1) is 9.04. The van der Waals surface area contributed by atoms with E-state index in [-0.39, 0.29) is 17.8 Å². The van der Waals surface area contributed by atoms with E-state index in [1.165, 1.54) is 6.07 Å². The first-order valence-corrected chi connectivity index (χ1v) is 7.29. The highest BCUT2D eigenvalue weighted by molar-refractivity contribution is 9.10. The third-order valence-corrected chi connectivity index (χ3v) is 3.30. The number of benzene rings is 1. The van der Waals surface area contributed by atoms with E-state index in [9.17, 15) is 9.18 Å². The van der Waals surface area contributed by atoms with Gasteiger partial charge >= 0.3 is 0 Å². The molecule has 0 saturated heterocycles. The van der Waals surface area contributed by atoms with Crippen LogP contribution in [-0.2, 0) is 4.79 Å². The molecule has 2 N–H and O–H groups in total. The SMILES string of the molecule is CCCNC(=O)CCNC(C)c1ccc(Br)cc1F. The molecule has 0 aromatic heterocycles. The van der Waals surface area contributed by atoms with Crippen LogP contribution in [0.3, 0.4) is 0 Å². The summed E-state index contributed by atoms with van der Waals surface area (Å²) in [4.78, 5) is 11.4. The van der Waals surface area contributed by atoms with E-state index in [1.807, 2.05) is 19.9 Å². The van der Waals surface area contributed by atoms with Gasteiger partial charge in [0.2, 0.25) is 5.91 Å². The summed E-state index contributed by atoms with van der Waals surface area (Å²) >= 11 is 3.23. The second-order valence-corrected chi connectivity index (χ2v) is 5.36. The van der Waals surface area contributed by atoms with Gasteiger partial charge < -0.3 is 10.6 Å². The minimum Gasteiger partial charge on any atom is -0.356 e. The van der Waals surface area contributed by atoms with Crippen LogP contribution in [0.15, 0.2) is 22.7 Å². The molecule has 3 nitrogen and oxygen atoms in total. The molecule has 1 rings (SSSR count). The Balaban J connectivity index is 2.38. The zero-order valence-electron chi connectivity index (χ0n) is 11.3. The second kappa shape index (κ2) is 8.27.